The molecule has 0 fully saturated rings. The lowest BCUT2D eigenvalue weighted by Gasteiger charge is -2.08. The molecule has 0 aliphatic carbocycles. The molecule has 9 nitrogen and oxygen atoms in total. The molecule has 0 saturated heterocycles. The molecule has 148 valence electrons. The van der Waals surface area contributed by atoms with Crippen LogP contribution in [0.2, 0.25) is 5.02 Å². The number of nitrogens with zero attached hydrogens (tertiary/aromatic N) is 5. The Balaban J connectivity index is 1.71. The molecule has 0 radical (unpaired) electrons. The first kappa shape index (κ1) is 20.4. The van der Waals surface area contributed by atoms with Crippen LogP contribution in [0.5, 0.6) is 0 Å². The Labute approximate surface area is 176 Å². The molecular weight excluding hydrogens is 414 g/mol. The molecule has 11 heteroatoms. The van der Waals surface area contributed by atoms with Gasteiger partial charge in [-0.25, -0.2) is 4.68 Å². The van der Waals surface area contributed by atoms with Crippen LogP contribution in [0.4, 0.5) is 11.4 Å². The number of aromatic nitrogens is 3. The van der Waals surface area contributed by atoms with E-state index in [0.717, 1.165) is 11.4 Å². The van der Waals surface area contributed by atoms with E-state index in [2.05, 4.69) is 26.2 Å². The topological polar surface area (TPSA) is 110 Å². The average molecular weight is 430 g/mol. The molecule has 0 spiro atoms. The number of hydrogen-bond acceptors (Lipinski definition) is 6. The molecule has 2 N–H and O–H groups in total. The summed E-state index contributed by atoms with van der Waals surface area (Å²) in [4.78, 5) is 10.3. The Hall–Kier alpha value is -3.37. The Morgan fingerprint density at radius 2 is 2.00 bits per heavy atom. The van der Waals surface area contributed by atoms with E-state index in [1.54, 1.807) is 35.9 Å². The summed E-state index contributed by atoms with van der Waals surface area (Å²) < 4.78 is 1.58. The number of rotatable bonds is 5. The zero-order valence-electron chi connectivity index (χ0n) is 15.5. The fraction of sp³-hybridized carbons (Fsp3) is 0.111. The van der Waals surface area contributed by atoms with Gasteiger partial charge in [-0.15, -0.1) is 5.10 Å². The Kier molecular flexibility index (Phi) is 6.15. The molecule has 1 heterocycles. The maximum Gasteiger partial charge on any atom is 0.269 e. The van der Waals surface area contributed by atoms with E-state index in [1.807, 2.05) is 19.1 Å². The van der Waals surface area contributed by atoms with Crippen molar-refractivity contribution in [3.8, 4) is 5.69 Å². The second kappa shape index (κ2) is 8.76. The Morgan fingerprint density at radius 3 is 2.66 bits per heavy atom. The zero-order chi connectivity index (χ0) is 21.0. The SMILES string of the molecule is C/C(=N\NC(=S)Nc1cccc(Cl)c1)c1nnn(-c2ccc([N+](=O)[O-])cc2)c1C. The predicted octanol–water partition coefficient (Wildman–Crippen LogP) is 3.85. The van der Waals surface area contributed by atoms with Gasteiger partial charge in [-0.3, -0.25) is 15.5 Å². The third-order valence-corrected chi connectivity index (χ3v) is 4.38. The van der Waals surface area contributed by atoms with Crippen LogP contribution in [-0.4, -0.2) is 30.7 Å². The molecule has 0 bridgehead atoms. The molecule has 29 heavy (non-hydrogen) atoms. The molecule has 3 rings (SSSR count). The third kappa shape index (κ3) is 4.92. The van der Waals surface area contributed by atoms with Crippen LogP contribution in [0.15, 0.2) is 53.6 Å². The van der Waals surface area contributed by atoms with Gasteiger partial charge in [-0.2, -0.15) is 5.10 Å². The minimum Gasteiger partial charge on any atom is -0.331 e. The average Bonchev–Trinajstić information content (AvgIpc) is 3.07. The van der Waals surface area contributed by atoms with Gasteiger partial charge < -0.3 is 5.32 Å². The fourth-order valence-corrected chi connectivity index (χ4v) is 2.89. The number of hydrazone groups is 1. The van der Waals surface area contributed by atoms with Gasteiger partial charge in [0.25, 0.3) is 5.69 Å². The first-order chi connectivity index (χ1) is 13.8. The second-order valence-electron chi connectivity index (χ2n) is 5.98. The van der Waals surface area contributed by atoms with Crippen molar-refractivity contribution < 1.29 is 4.92 Å². The molecule has 3 aromatic rings. The molecule has 0 aliphatic heterocycles. The van der Waals surface area contributed by atoms with Crippen LogP contribution in [0, 0.1) is 17.0 Å². The van der Waals surface area contributed by atoms with Gasteiger partial charge in [0.05, 0.1) is 22.0 Å². The second-order valence-corrected chi connectivity index (χ2v) is 6.83. The van der Waals surface area contributed by atoms with Crippen molar-refractivity contribution in [3.63, 3.8) is 0 Å². The van der Waals surface area contributed by atoms with E-state index in [1.165, 1.54) is 12.1 Å². The van der Waals surface area contributed by atoms with Gasteiger partial charge in [0.2, 0.25) is 0 Å². The van der Waals surface area contributed by atoms with E-state index in [0.29, 0.717) is 27.2 Å². The summed E-state index contributed by atoms with van der Waals surface area (Å²) in [6.07, 6.45) is 0. The number of non-ortho nitro benzene ring substituents is 1. The number of halogens is 1. The molecule has 0 unspecified atom stereocenters. The number of nitro groups is 1. The molecule has 2 aromatic carbocycles. The standard InChI is InChI=1S/C18H16ClN7O2S/c1-11(21-23-18(29)20-14-5-3-4-13(19)10-14)17-12(2)25(24-22-17)15-6-8-16(9-7-15)26(27)28/h3-10H,1-2H3,(H2,20,23,29)/b21-11+. The van der Waals surface area contributed by atoms with Crippen molar-refractivity contribution >= 4 is 46.0 Å². The molecular formula is C18H16ClN7O2S. The summed E-state index contributed by atoms with van der Waals surface area (Å²) in [7, 11) is 0. The normalized spacial score (nSPS) is 11.2. The van der Waals surface area contributed by atoms with Crippen LogP contribution in [0.25, 0.3) is 5.69 Å². The van der Waals surface area contributed by atoms with Crippen LogP contribution in [0.1, 0.15) is 18.3 Å². The van der Waals surface area contributed by atoms with Crippen LogP contribution < -0.4 is 10.7 Å². The summed E-state index contributed by atoms with van der Waals surface area (Å²) in [5, 5.41) is 27.2. The maximum absolute atomic E-state index is 10.8. The maximum atomic E-state index is 10.8. The Bertz CT molecular complexity index is 1100. The van der Waals surface area contributed by atoms with Gasteiger partial charge in [0, 0.05) is 22.8 Å². The first-order valence-electron chi connectivity index (χ1n) is 8.39. The predicted molar refractivity (Wildman–Crippen MR) is 116 cm³/mol. The van der Waals surface area contributed by atoms with Gasteiger partial charge >= 0.3 is 0 Å². The van der Waals surface area contributed by atoms with Gasteiger partial charge in [0.1, 0.15) is 5.69 Å². The summed E-state index contributed by atoms with van der Waals surface area (Å²) in [5.41, 5.74) is 6.04. The zero-order valence-corrected chi connectivity index (χ0v) is 17.0. The summed E-state index contributed by atoms with van der Waals surface area (Å²) in [6.45, 7) is 3.60. The lowest BCUT2D eigenvalue weighted by Crippen LogP contribution is -2.25. The number of nitrogens with one attached hydrogen (secondary N) is 2. The van der Waals surface area contributed by atoms with Crippen molar-refractivity contribution in [2.24, 2.45) is 5.10 Å². The molecule has 1 aromatic heterocycles. The van der Waals surface area contributed by atoms with Gasteiger partial charge in [-0.05, 0) is 56.4 Å². The molecule has 0 aliphatic rings. The number of thiocarbonyl (C=S) groups is 1. The van der Waals surface area contributed by atoms with Crippen LogP contribution in [-0.2, 0) is 0 Å². The summed E-state index contributed by atoms with van der Waals surface area (Å²) >= 11 is 11.2. The highest BCUT2D eigenvalue weighted by Crippen LogP contribution is 2.17. The van der Waals surface area contributed by atoms with E-state index in [4.69, 9.17) is 23.8 Å². The highest BCUT2D eigenvalue weighted by Gasteiger charge is 2.14. The van der Waals surface area contributed by atoms with E-state index < -0.39 is 4.92 Å². The van der Waals surface area contributed by atoms with Crippen molar-refractivity contribution in [2.75, 3.05) is 5.32 Å². The van der Waals surface area contributed by atoms with Crippen molar-refractivity contribution in [1.82, 2.24) is 20.4 Å². The molecule has 0 atom stereocenters. The number of hydrogen-bond donors (Lipinski definition) is 2. The number of anilines is 1. The number of nitro benzene ring substituents is 1. The highest BCUT2D eigenvalue weighted by molar-refractivity contribution is 7.80. The Morgan fingerprint density at radius 1 is 1.28 bits per heavy atom. The largest absolute Gasteiger partial charge is 0.331 e. The van der Waals surface area contributed by atoms with E-state index in [-0.39, 0.29) is 5.69 Å². The van der Waals surface area contributed by atoms with Crippen molar-refractivity contribution in [3.05, 3.63) is 75.1 Å². The van der Waals surface area contributed by atoms with Crippen LogP contribution in [0.3, 0.4) is 0 Å². The lowest BCUT2D eigenvalue weighted by atomic mass is 10.2. The van der Waals surface area contributed by atoms with Crippen molar-refractivity contribution in [1.29, 1.82) is 0 Å². The summed E-state index contributed by atoms with van der Waals surface area (Å²) in [5.74, 6) is 0. The minimum atomic E-state index is -0.452. The fourth-order valence-electron chi connectivity index (χ4n) is 2.54. The highest BCUT2D eigenvalue weighted by atomic mass is 35.5. The minimum absolute atomic E-state index is 0.00870. The van der Waals surface area contributed by atoms with Gasteiger partial charge in [-0.1, -0.05) is 22.9 Å². The number of benzene rings is 2. The quantitative estimate of drug-likeness (QED) is 0.274. The van der Waals surface area contributed by atoms with Gasteiger partial charge in [0.15, 0.2) is 5.11 Å². The first-order valence-corrected chi connectivity index (χ1v) is 9.18. The third-order valence-electron chi connectivity index (χ3n) is 3.95. The van der Waals surface area contributed by atoms with E-state index in [9.17, 15) is 10.1 Å². The molecule has 0 saturated carbocycles. The monoisotopic (exact) mass is 429 g/mol. The molecule has 0 amide bonds. The smallest absolute Gasteiger partial charge is 0.269 e. The van der Waals surface area contributed by atoms with Crippen molar-refractivity contribution in [2.45, 2.75) is 13.8 Å². The summed E-state index contributed by atoms with van der Waals surface area (Å²) in [6, 6.07) is 13.2. The van der Waals surface area contributed by atoms with Crippen LogP contribution >= 0.6 is 23.8 Å². The lowest BCUT2D eigenvalue weighted by molar-refractivity contribution is -0.384. The van der Waals surface area contributed by atoms with E-state index >= 15 is 0 Å².